The average Bonchev–Trinajstić information content (AvgIpc) is 2.85. The van der Waals surface area contributed by atoms with Crippen molar-refractivity contribution in [3.8, 4) is 11.8 Å². The number of benzene rings is 3. The summed E-state index contributed by atoms with van der Waals surface area (Å²) in [6, 6.07) is 19.0. The Morgan fingerprint density at radius 1 is 0.853 bits per heavy atom. The summed E-state index contributed by atoms with van der Waals surface area (Å²) >= 11 is 0. The number of carbonyl (C=O) groups excluding carboxylic acids is 1. The molecule has 3 aromatic carbocycles. The van der Waals surface area contributed by atoms with E-state index in [4.69, 9.17) is 0 Å². The van der Waals surface area contributed by atoms with E-state index in [0.717, 1.165) is 47.8 Å². The lowest BCUT2D eigenvalue weighted by Gasteiger charge is -2.14. The Morgan fingerprint density at radius 3 is 2.06 bits per heavy atom. The first-order chi connectivity index (χ1) is 16.4. The molecule has 1 unspecified atom stereocenters. The minimum absolute atomic E-state index is 0.0820. The second-order valence-corrected chi connectivity index (χ2v) is 8.89. The molecule has 0 saturated heterocycles. The molecule has 0 aliphatic carbocycles. The predicted molar refractivity (Wildman–Crippen MR) is 148 cm³/mol. The molecule has 1 atom stereocenters. The lowest BCUT2D eigenvalue weighted by Crippen LogP contribution is -2.13. The molecule has 0 radical (unpaired) electrons. The Labute approximate surface area is 207 Å². The smallest absolute Gasteiger partial charge is 0.140 e. The molecule has 178 valence electrons. The van der Waals surface area contributed by atoms with Gasteiger partial charge in [0.2, 0.25) is 0 Å². The monoisotopic (exact) mass is 452 g/mol. The van der Waals surface area contributed by atoms with Gasteiger partial charge in [0.05, 0.1) is 0 Å². The standard InChI is InChI=1S/C31H34O.C2H6/c1-6-8-23(4)19-27-16-17-28(21-31(32)24(5)7-2)30-20-26(15-18-29(27)30)14-13-25-11-9-22(3)10-12-25;1-2/h9-12,15-18,20,24H,4,6-8,19,21H2,1-3,5H3;1-2H3. The zero-order chi connectivity index (χ0) is 25.1. The second-order valence-electron chi connectivity index (χ2n) is 8.89. The van der Waals surface area contributed by atoms with E-state index in [9.17, 15) is 4.79 Å². The van der Waals surface area contributed by atoms with E-state index >= 15 is 0 Å². The molecular formula is C33H40O. The highest BCUT2D eigenvalue weighted by atomic mass is 16.1. The Balaban J connectivity index is 0.00000199. The Hall–Kier alpha value is -3.11. The predicted octanol–water partition coefficient (Wildman–Crippen LogP) is 8.63. The quantitative estimate of drug-likeness (QED) is 0.247. The summed E-state index contributed by atoms with van der Waals surface area (Å²) in [4.78, 5) is 12.7. The minimum atomic E-state index is 0.0820. The van der Waals surface area contributed by atoms with Crippen molar-refractivity contribution in [3.63, 3.8) is 0 Å². The number of aryl methyl sites for hydroxylation is 1. The summed E-state index contributed by atoms with van der Waals surface area (Å²) in [5.41, 5.74) is 6.83. The number of rotatable bonds is 8. The molecule has 0 saturated carbocycles. The lowest BCUT2D eigenvalue weighted by atomic mass is 9.90. The SMILES string of the molecule is C=C(CCC)Cc1ccc(CC(=O)C(C)CC)c2cc(C#Cc3ccc(C)cc3)ccc12.CC. The van der Waals surface area contributed by atoms with Crippen LogP contribution in [0, 0.1) is 24.7 Å². The van der Waals surface area contributed by atoms with Crippen LogP contribution in [-0.4, -0.2) is 5.78 Å². The fourth-order valence-electron chi connectivity index (χ4n) is 3.94. The summed E-state index contributed by atoms with van der Waals surface area (Å²) in [5, 5.41) is 2.34. The number of carbonyl (C=O) groups is 1. The van der Waals surface area contributed by atoms with E-state index in [0.29, 0.717) is 12.2 Å². The normalized spacial score (nSPS) is 11.1. The van der Waals surface area contributed by atoms with Crippen LogP contribution in [-0.2, 0) is 17.6 Å². The zero-order valence-electron chi connectivity index (χ0n) is 21.9. The van der Waals surface area contributed by atoms with Crippen LogP contribution in [0.4, 0.5) is 0 Å². The maximum Gasteiger partial charge on any atom is 0.140 e. The minimum Gasteiger partial charge on any atom is -0.299 e. The molecule has 1 nitrogen and oxygen atoms in total. The van der Waals surface area contributed by atoms with Gasteiger partial charge in [-0.3, -0.25) is 4.79 Å². The molecule has 0 spiro atoms. The molecule has 0 heterocycles. The van der Waals surface area contributed by atoms with Crippen LogP contribution in [0.1, 0.15) is 81.7 Å². The van der Waals surface area contributed by atoms with Crippen molar-refractivity contribution >= 4 is 16.6 Å². The third kappa shape index (κ3) is 7.46. The van der Waals surface area contributed by atoms with E-state index in [1.165, 1.54) is 22.1 Å². The molecule has 0 fully saturated rings. The van der Waals surface area contributed by atoms with Gasteiger partial charge < -0.3 is 0 Å². The Bertz CT molecular complexity index is 1170. The molecule has 0 aliphatic heterocycles. The lowest BCUT2D eigenvalue weighted by molar-refractivity contribution is -0.121. The van der Waals surface area contributed by atoms with Crippen LogP contribution in [0.2, 0.25) is 0 Å². The van der Waals surface area contributed by atoms with Crippen molar-refractivity contribution in [1.82, 2.24) is 0 Å². The van der Waals surface area contributed by atoms with Crippen molar-refractivity contribution in [1.29, 1.82) is 0 Å². The first-order valence-electron chi connectivity index (χ1n) is 12.7. The highest BCUT2D eigenvalue weighted by Gasteiger charge is 2.15. The highest BCUT2D eigenvalue weighted by Crippen LogP contribution is 2.28. The first-order valence-corrected chi connectivity index (χ1v) is 12.7. The topological polar surface area (TPSA) is 17.1 Å². The number of Topliss-reactive ketones (excluding diaryl/α,β-unsaturated/α-hetero) is 1. The van der Waals surface area contributed by atoms with E-state index in [1.54, 1.807) is 0 Å². The molecule has 0 amide bonds. The number of ketones is 1. The maximum absolute atomic E-state index is 12.7. The summed E-state index contributed by atoms with van der Waals surface area (Å²) in [6.07, 6.45) is 4.36. The average molecular weight is 453 g/mol. The van der Waals surface area contributed by atoms with Crippen molar-refractivity contribution < 1.29 is 4.79 Å². The van der Waals surface area contributed by atoms with E-state index < -0.39 is 0 Å². The van der Waals surface area contributed by atoms with Gasteiger partial charge in [0.25, 0.3) is 0 Å². The van der Waals surface area contributed by atoms with Gasteiger partial charge in [0, 0.05) is 23.5 Å². The van der Waals surface area contributed by atoms with E-state index in [-0.39, 0.29) is 5.92 Å². The molecule has 3 rings (SSSR count). The molecule has 1 heteroatoms. The highest BCUT2D eigenvalue weighted by molar-refractivity contribution is 5.94. The van der Waals surface area contributed by atoms with Crippen LogP contribution < -0.4 is 0 Å². The fraction of sp³-hybridized carbons (Fsp3) is 0.364. The summed E-state index contributed by atoms with van der Waals surface area (Å²) in [5.74, 6) is 6.97. The largest absolute Gasteiger partial charge is 0.299 e. The van der Waals surface area contributed by atoms with Crippen molar-refractivity contribution in [2.24, 2.45) is 5.92 Å². The third-order valence-corrected chi connectivity index (χ3v) is 6.17. The van der Waals surface area contributed by atoms with Crippen molar-refractivity contribution in [3.05, 3.63) is 94.6 Å². The number of hydrogen-bond donors (Lipinski definition) is 0. The number of hydrogen-bond acceptors (Lipinski definition) is 1. The van der Waals surface area contributed by atoms with Gasteiger partial charge in [-0.15, -0.1) is 0 Å². The van der Waals surface area contributed by atoms with Gasteiger partial charge in [0.1, 0.15) is 5.78 Å². The van der Waals surface area contributed by atoms with Gasteiger partial charge >= 0.3 is 0 Å². The fourth-order valence-corrected chi connectivity index (χ4v) is 3.94. The van der Waals surface area contributed by atoms with Gasteiger partial charge in [0.15, 0.2) is 0 Å². The van der Waals surface area contributed by atoms with Crippen molar-refractivity contribution in [2.75, 3.05) is 0 Å². The number of allylic oxidation sites excluding steroid dienone is 1. The van der Waals surface area contributed by atoms with Crippen LogP contribution in [0.3, 0.4) is 0 Å². The maximum atomic E-state index is 12.7. The van der Waals surface area contributed by atoms with E-state index in [1.807, 2.05) is 20.8 Å². The third-order valence-electron chi connectivity index (χ3n) is 6.17. The first kappa shape index (κ1) is 27.1. The Kier molecular flexibility index (Phi) is 10.8. The molecular weight excluding hydrogens is 412 g/mol. The molecule has 0 bridgehead atoms. The Morgan fingerprint density at radius 2 is 1.44 bits per heavy atom. The molecule has 3 aromatic rings. The van der Waals surface area contributed by atoms with Crippen LogP contribution in [0.15, 0.2) is 66.7 Å². The van der Waals surface area contributed by atoms with Crippen LogP contribution >= 0.6 is 0 Å². The van der Waals surface area contributed by atoms with Crippen LogP contribution in [0.5, 0.6) is 0 Å². The molecule has 0 aromatic heterocycles. The van der Waals surface area contributed by atoms with E-state index in [2.05, 4.69) is 93.8 Å². The summed E-state index contributed by atoms with van der Waals surface area (Å²) < 4.78 is 0. The summed E-state index contributed by atoms with van der Waals surface area (Å²) in [6.45, 7) is 16.6. The number of fused-ring (bicyclic) bond motifs is 1. The van der Waals surface area contributed by atoms with Gasteiger partial charge in [-0.25, -0.2) is 0 Å². The van der Waals surface area contributed by atoms with Gasteiger partial charge in [-0.2, -0.15) is 0 Å². The van der Waals surface area contributed by atoms with Crippen LogP contribution in [0.25, 0.3) is 10.8 Å². The van der Waals surface area contributed by atoms with Crippen molar-refractivity contribution in [2.45, 2.75) is 73.6 Å². The van der Waals surface area contributed by atoms with Gasteiger partial charge in [-0.05, 0) is 72.4 Å². The van der Waals surface area contributed by atoms with Gasteiger partial charge in [-0.1, -0.05) is 101 Å². The summed E-state index contributed by atoms with van der Waals surface area (Å²) in [7, 11) is 0. The molecule has 0 N–H and O–H groups in total. The second kappa shape index (κ2) is 13.6. The molecule has 34 heavy (non-hydrogen) atoms. The molecule has 0 aliphatic rings. The zero-order valence-corrected chi connectivity index (χ0v) is 21.9.